The summed E-state index contributed by atoms with van der Waals surface area (Å²) in [5.74, 6) is 0.539. The van der Waals surface area contributed by atoms with Crippen LogP contribution in [0.4, 0.5) is 52.7 Å². The van der Waals surface area contributed by atoms with E-state index in [1.807, 2.05) is 91.0 Å². The van der Waals surface area contributed by atoms with Crippen molar-refractivity contribution < 1.29 is 52.7 Å². The number of hydrogen-bond acceptors (Lipinski definition) is 3. The van der Waals surface area contributed by atoms with Gasteiger partial charge in [0, 0.05) is 49.5 Å². The van der Waals surface area contributed by atoms with Crippen LogP contribution in [0.15, 0.2) is 224 Å². The molecule has 0 fully saturated rings. The molecule has 17 heteroatoms. The molecule has 0 saturated carbocycles. The average molecular weight is 1140 g/mol. The smallest absolute Gasteiger partial charge is 0.309 e. The first-order valence-corrected chi connectivity index (χ1v) is 25.9. The van der Waals surface area contributed by atoms with Crippen molar-refractivity contribution >= 4 is 43.6 Å². The lowest BCUT2D eigenvalue weighted by atomic mass is 9.95. The summed E-state index contributed by atoms with van der Waals surface area (Å²) in [4.78, 5) is 15.1. The van der Waals surface area contributed by atoms with E-state index in [-0.39, 0.29) is 63.0 Å². The molecular formula is C67H37F12N5. The lowest BCUT2D eigenvalue weighted by Gasteiger charge is -2.19. The van der Waals surface area contributed by atoms with E-state index in [4.69, 9.17) is 15.0 Å². The third-order valence-corrected chi connectivity index (χ3v) is 14.9. The Morgan fingerprint density at radius 3 is 1.23 bits per heavy atom. The fourth-order valence-electron chi connectivity index (χ4n) is 11.1. The topological polar surface area (TPSA) is 48.5 Å². The Labute approximate surface area is 469 Å². The van der Waals surface area contributed by atoms with Crippen molar-refractivity contribution in [1.82, 2.24) is 24.1 Å². The largest absolute Gasteiger partial charge is 0.417 e. The van der Waals surface area contributed by atoms with Gasteiger partial charge in [-0.3, -0.25) is 0 Å². The Morgan fingerprint density at radius 1 is 0.274 bits per heavy atom. The maximum absolute atomic E-state index is 15.0. The summed E-state index contributed by atoms with van der Waals surface area (Å²) in [6.07, 6.45) is -20.8. The predicted molar refractivity (Wildman–Crippen MR) is 301 cm³/mol. The molecule has 414 valence electrons. The lowest BCUT2D eigenvalue weighted by Crippen LogP contribution is -2.12. The van der Waals surface area contributed by atoms with Gasteiger partial charge < -0.3 is 9.13 Å². The lowest BCUT2D eigenvalue weighted by molar-refractivity contribution is -0.144. The molecule has 10 aromatic carbocycles. The Balaban J connectivity index is 1.16. The molecule has 0 amide bonds. The van der Waals surface area contributed by atoms with Crippen molar-refractivity contribution in [1.29, 1.82) is 0 Å². The van der Waals surface area contributed by atoms with Crippen LogP contribution in [0.3, 0.4) is 0 Å². The highest BCUT2D eigenvalue weighted by Crippen LogP contribution is 2.48. The van der Waals surface area contributed by atoms with Gasteiger partial charge in [0.15, 0.2) is 17.5 Å². The zero-order chi connectivity index (χ0) is 58.5. The van der Waals surface area contributed by atoms with Gasteiger partial charge in [0.05, 0.1) is 50.0 Å². The first kappa shape index (κ1) is 53.3. The van der Waals surface area contributed by atoms with E-state index in [1.165, 1.54) is 36.4 Å². The fourth-order valence-corrected chi connectivity index (χ4v) is 11.1. The van der Waals surface area contributed by atoms with Gasteiger partial charge in [0.2, 0.25) is 0 Å². The van der Waals surface area contributed by atoms with Crippen LogP contribution in [0.2, 0.25) is 0 Å². The molecule has 3 aromatic heterocycles. The van der Waals surface area contributed by atoms with Crippen LogP contribution in [-0.2, 0) is 24.7 Å². The monoisotopic (exact) mass is 1140 g/mol. The van der Waals surface area contributed by atoms with E-state index in [1.54, 1.807) is 65.2 Å². The van der Waals surface area contributed by atoms with Crippen LogP contribution in [-0.4, -0.2) is 24.1 Å². The van der Waals surface area contributed by atoms with Gasteiger partial charge in [0.25, 0.3) is 0 Å². The molecule has 5 nitrogen and oxygen atoms in total. The normalized spacial score (nSPS) is 12.5. The quantitative estimate of drug-likeness (QED) is 0.142. The number of rotatable bonds is 8. The minimum atomic E-state index is -5.28. The standard InChI is InChI=1S/C67H37F12N5/c68-64(69,70)43-26-30-46(54(36-43)66(74,75)76)41-23-28-50-51-29-24-42(47-31-27-44(65(71,72)73)37-55(47)67(77,78)79)35-59(51)84(58(50)34-41)57-32-25-40(48-20-12-21-52-49-19-10-11-22-56(49)83(60(48)52)45-17-8-3-9-18-45)33-53(57)63-81-61(38-13-4-1-5-14-38)80-62(82-63)39-15-6-2-7-16-39/h1-37H. The summed E-state index contributed by atoms with van der Waals surface area (Å²) >= 11 is 0. The third kappa shape index (κ3) is 9.44. The molecule has 3 heterocycles. The summed E-state index contributed by atoms with van der Waals surface area (Å²) in [7, 11) is 0. The number of benzene rings is 10. The van der Waals surface area contributed by atoms with Crippen LogP contribution < -0.4 is 0 Å². The fraction of sp³-hybridized carbons (Fsp3) is 0.0597. The molecule has 0 unspecified atom stereocenters. The van der Waals surface area contributed by atoms with E-state index in [2.05, 4.69) is 4.57 Å². The van der Waals surface area contributed by atoms with Gasteiger partial charge in [-0.1, -0.05) is 158 Å². The number of nitrogens with zero attached hydrogens (tertiary/aromatic N) is 5. The summed E-state index contributed by atoms with van der Waals surface area (Å²) < 4.78 is 178. The van der Waals surface area contributed by atoms with Crippen LogP contribution in [0.5, 0.6) is 0 Å². The zero-order valence-corrected chi connectivity index (χ0v) is 43.1. The van der Waals surface area contributed by atoms with Crippen LogP contribution in [0.1, 0.15) is 22.3 Å². The molecule has 0 saturated heterocycles. The van der Waals surface area contributed by atoms with E-state index >= 15 is 26.3 Å². The van der Waals surface area contributed by atoms with Crippen molar-refractivity contribution in [2.75, 3.05) is 0 Å². The second-order valence-corrected chi connectivity index (χ2v) is 20.0. The Hall–Kier alpha value is -10.0. The molecule has 0 aliphatic carbocycles. The molecular weight excluding hydrogens is 1100 g/mol. The first-order valence-electron chi connectivity index (χ1n) is 25.9. The maximum Gasteiger partial charge on any atom is 0.417 e. The van der Waals surface area contributed by atoms with Crippen molar-refractivity contribution in [3.05, 3.63) is 247 Å². The van der Waals surface area contributed by atoms with E-state index in [0.29, 0.717) is 39.6 Å². The summed E-state index contributed by atoms with van der Waals surface area (Å²) in [6, 6.07) is 57.7. The van der Waals surface area contributed by atoms with Gasteiger partial charge in [-0.25, -0.2) is 15.0 Å². The number of hydrogen-bond donors (Lipinski definition) is 0. The van der Waals surface area contributed by atoms with E-state index in [0.717, 1.165) is 45.2 Å². The van der Waals surface area contributed by atoms with Crippen molar-refractivity contribution in [3.8, 4) is 78.9 Å². The molecule has 13 rings (SSSR count). The molecule has 0 bridgehead atoms. The number of fused-ring (bicyclic) bond motifs is 6. The summed E-state index contributed by atoms with van der Waals surface area (Å²) in [6.45, 7) is 0. The predicted octanol–water partition coefficient (Wildman–Crippen LogP) is 20.1. The minimum Gasteiger partial charge on any atom is -0.309 e. The van der Waals surface area contributed by atoms with Gasteiger partial charge in [0.1, 0.15) is 0 Å². The van der Waals surface area contributed by atoms with Crippen LogP contribution in [0.25, 0.3) is 123 Å². The minimum absolute atomic E-state index is 0.0354. The number of halogens is 12. The molecule has 13 aromatic rings. The summed E-state index contributed by atoms with van der Waals surface area (Å²) in [5, 5.41) is 2.53. The number of para-hydroxylation sites is 3. The zero-order valence-electron chi connectivity index (χ0n) is 43.1. The summed E-state index contributed by atoms with van der Waals surface area (Å²) in [5.41, 5.74) is -1.92. The molecule has 0 N–H and O–H groups in total. The van der Waals surface area contributed by atoms with Gasteiger partial charge in [-0.05, 0) is 94.5 Å². The first-order chi connectivity index (χ1) is 40.2. The maximum atomic E-state index is 15.0. The highest BCUT2D eigenvalue weighted by molar-refractivity contribution is 6.15. The van der Waals surface area contributed by atoms with E-state index in [9.17, 15) is 26.3 Å². The molecule has 0 spiro atoms. The van der Waals surface area contributed by atoms with Gasteiger partial charge >= 0.3 is 24.7 Å². The second kappa shape index (κ2) is 19.9. The molecule has 0 atom stereocenters. The molecule has 0 aliphatic heterocycles. The van der Waals surface area contributed by atoms with Crippen LogP contribution in [0, 0.1) is 0 Å². The second-order valence-electron chi connectivity index (χ2n) is 20.0. The highest BCUT2D eigenvalue weighted by Gasteiger charge is 2.40. The average Bonchev–Trinajstić information content (AvgIpc) is 1.95. The SMILES string of the molecule is FC(F)(F)c1ccc(-c2ccc3c4ccc(-c5ccc(C(F)(F)F)cc5C(F)(F)F)cc4n(-c4ccc(-c5cccc6c7ccccc7n(-c7ccccc7)c56)cc4-c4nc(-c5ccccc5)nc(-c5ccccc5)n4)c3c2)c(C(F)(F)F)c1. The highest BCUT2D eigenvalue weighted by atomic mass is 19.4. The van der Waals surface area contributed by atoms with Gasteiger partial charge in [-0.2, -0.15) is 52.7 Å². The van der Waals surface area contributed by atoms with E-state index < -0.39 is 58.1 Å². The van der Waals surface area contributed by atoms with Crippen molar-refractivity contribution in [3.63, 3.8) is 0 Å². The number of aromatic nitrogens is 5. The Kier molecular flexibility index (Phi) is 12.6. The Bertz CT molecular complexity index is 4520. The molecule has 84 heavy (non-hydrogen) atoms. The van der Waals surface area contributed by atoms with Crippen LogP contribution >= 0.6 is 0 Å². The Morgan fingerprint density at radius 2 is 0.714 bits per heavy atom. The molecule has 0 aliphatic rings. The molecule has 0 radical (unpaired) electrons. The number of alkyl halides is 12. The third-order valence-electron chi connectivity index (χ3n) is 14.9. The van der Waals surface area contributed by atoms with Crippen molar-refractivity contribution in [2.24, 2.45) is 0 Å². The van der Waals surface area contributed by atoms with Gasteiger partial charge in [-0.15, -0.1) is 0 Å². The van der Waals surface area contributed by atoms with Crippen molar-refractivity contribution in [2.45, 2.75) is 24.7 Å².